The van der Waals surface area contributed by atoms with Crippen molar-refractivity contribution in [2.24, 2.45) is 0 Å². The van der Waals surface area contributed by atoms with Gasteiger partial charge in [0.2, 0.25) is 0 Å². The van der Waals surface area contributed by atoms with Gasteiger partial charge < -0.3 is 4.74 Å². The standard InChI is InChI=1S/C7H6N2O2/c1-2-5-11-7(10)9-4-3-8-6-9/h3-4,6H,1H3. The number of carbonyl (C=O) groups is 1. The molecule has 0 atom stereocenters. The van der Waals surface area contributed by atoms with Gasteiger partial charge in [0.05, 0.1) is 0 Å². The average molecular weight is 150 g/mol. The summed E-state index contributed by atoms with van der Waals surface area (Å²) in [4.78, 5) is 14.5. The zero-order valence-electron chi connectivity index (χ0n) is 5.94. The topological polar surface area (TPSA) is 44.1 Å². The molecule has 0 radical (unpaired) electrons. The minimum Gasteiger partial charge on any atom is -0.355 e. The summed E-state index contributed by atoms with van der Waals surface area (Å²) in [6, 6.07) is 0. The maximum atomic E-state index is 10.9. The van der Waals surface area contributed by atoms with E-state index in [-0.39, 0.29) is 0 Å². The van der Waals surface area contributed by atoms with E-state index in [1.165, 1.54) is 23.3 Å². The van der Waals surface area contributed by atoms with Crippen LogP contribution in [0.2, 0.25) is 0 Å². The van der Waals surface area contributed by atoms with Gasteiger partial charge in [0.1, 0.15) is 12.4 Å². The van der Waals surface area contributed by atoms with E-state index in [1.807, 2.05) is 0 Å². The van der Waals surface area contributed by atoms with Crippen LogP contribution in [0.25, 0.3) is 0 Å². The number of rotatable bonds is 0. The molecule has 11 heavy (non-hydrogen) atoms. The molecule has 56 valence electrons. The van der Waals surface area contributed by atoms with Gasteiger partial charge >= 0.3 is 6.09 Å². The molecule has 0 N–H and O–H groups in total. The highest BCUT2D eigenvalue weighted by molar-refractivity contribution is 5.71. The lowest BCUT2D eigenvalue weighted by molar-refractivity contribution is 0.193. The number of ether oxygens (including phenoxy) is 1. The fourth-order valence-corrected chi connectivity index (χ4v) is 0.515. The first kappa shape index (κ1) is 7.35. The van der Waals surface area contributed by atoms with Gasteiger partial charge in [-0.3, -0.25) is 0 Å². The normalized spacial score (nSPS) is 8.09. The Morgan fingerprint density at radius 3 is 3.09 bits per heavy atom. The minimum absolute atomic E-state index is 0.545. The lowest BCUT2D eigenvalue weighted by Crippen LogP contribution is -2.07. The van der Waals surface area contributed by atoms with Gasteiger partial charge in [-0.15, -0.1) is 0 Å². The summed E-state index contributed by atoms with van der Waals surface area (Å²) in [6.07, 6.45) is 5.96. The molecule has 0 saturated heterocycles. The van der Waals surface area contributed by atoms with Crippen LogP contribution >= 0.6 is 0 Å². The molecule has 1 rings (SSSR count). The maximum absolute atomic E-state index is 10.9. The quantitative estimate of drug-likeness (QED) is 0.515. The molecule has 0 aliphatic rings. The van der Waals surface area contributed by atoms with E-state index in [9.17, 15) is 4.79 Å². The highest BCUT2D eigenvalue weighted by Gasteiger charge is 2.01. The third-order valence-electron chi connectivity index (χ3n) is 0.956. The predicted octanol–water partition coefficient (Wildman–Crippen LogP) is 0.849. The van der Waals surface area contributed by atoms with E-state index in [2.05, 4.69) is 21.7 Å². The van der Waals surface area contributed by atoms with Gasteiger partial charge in [-0.25, -0.2) is 14.3 Å². The van der Waals surface area contributed by atoms with Crippen LogP contribution in [0, 0.1) is 12.0 Å². The second-order valence-corrected chi connectivity index (χ2v) is 1.69. The van der Waals surface area contributed by atoms with Crippen LogP contribution in [0.15, 0.2) is 18.7 Å². The molecular formula is C7H6N2O2. The SMILES string of the molecule is CC#COC(=O)n1ccnc1. The summed E-state index contributed by atoms with van der Waals surface area (Å²) in [7, 11) is 0. The molecule has 4 nitrogen and oxygen atoms in total. The largest absolute Gasteiger partial charge is 0.433 e. The van der Waals surface area contributed by atoms with Crippen molar-refractivity contribution in [2.75, 3.05) is 0 Å². The Kier molecular flexibility index (Phi) is 2.28. The average Bonchev–Trinajstić information content (AvgIpc) is 2.52. The molecule has 0 bridgehead atoms. The molecule has 0 aliphatic carbocycles. The van der Waals surface area contributed by atoms with Crippen LogP contribution < -0.4 is 0 Å². The molecule has 0 unspecified atom stereocenters. The monoisotopic (exact) mass is 150 g/mol. The Morgan fingerprint density at radius 2 is 2.55 bits per heavy atom. The summed E-state index contributed by atoms with van der Waals surface area (Å²) in [5.74, 6) is 2.43. The number of hydrogen-bond acceptors (Lipinski definition) is 3. The van der Waals surface area contributed by atoms with Crippen molar-refractivity contribution in [2.45, 2.75) is 6.92 Å². The van der Waals surface area contributed by atoms with Crippen LogP contribution in [-0.2, 0) is 4.74 Å². The first-order valence-electron chi connectivity index (χ1n) is 2.95. The van der Waals surface area contributed by atoms with Crippen molar-refractivity contribution in [1.82, 2.24) is 9.55 Å². The predicted molar refractivity (Wildman–Crippen MR) is 37.6 cm³/mol. The van der Waals surface area contributed by atoms with Crippen LogP contribution in [0.5, 0.6) is 0 Å². The van der Waals surface area contributed by atoms with Crippen LogP contribution in [-0.4, -0.2) is 15.6 Å². The van der Waals surface area contributed by atoms with Crippen molar-refractivity contribution in [1.29, 1.82) is 0 Å². The van der Waals surface area contributed by atoms with E-state index < -0.39 is 6.09 Å². The number of aromatic nitrogens is 2. The van der Waals surface area contributed by atoms with Gasteiger partial charge in [0.25, 0.3) is 0 Å². The van der Waals surface area contributed by atoms with Gasteiger partial charge in [0, 0.05) is 19.3 Å². The summed E-state index contributed by atoms with van der Waals surface area (Å²) >= 11 is 0. The Hall–Kier alpha value is -1.76. The lowest BCUT2D eigenvalue weighted by atomic mass is 10.8. The highest BCUT2D eigenvalue weighted by Crippen LogP contribution is 1.87. The molecule has 1 aromatic rings. The lowest BCUT2D eigenvalue weighted by Gasteiger charge is -1.93. The van der Waals surface area contributed by atoms with Crippen LogP contribution in [0.3, 0.4) is 0 Å². The molecule has 1 heterocycles. The fraction of sp³-hybridized carbons (Fsp3) is 0.143. The minimum atomic E-state index is -0.545. The van der Waals surface area contributed by atoms with Crippen molar-refractivity contribution < 1.29 is 9.53 Å². The Labute approximate surface area is 63.8 Å². The van der Waals surface area contributed by atoms with Crippen molar-refractivity contribution in [3.05, 3.63) is 18.7 Å². The van der Waals surface area contributed by atoms with Crippen molar-refractivity contribution >= 4 is 6.09 Å². The molecule has 0 aliphatic heterocycles. The molecule has 0 fully saturated rings. The first-order chi connectivity index (χ1) is 5.34. The number of hydrogen-bond donors (Lipinski definition) is 0. The number of carbonyl (C=O) groups excluding carboxylic acids is 1. The van der Waals surface area contributed by atoms with Crippen LogP contribution in [0.4, 0.5) is 4.79 Å². The van der Waals surface area contributed by atoms with Gasteiger partial charge in [-0.1, -0.05) is 5.92 Å². The number of imidazole rings is 1. The maximum Gasteiger partial charge on any atom is 0.433 e. The summed E-state index contributed by atoms with van der Waals surface area (Å²) < 4.78 is 5.66. The van der Waals surface area contributed by atoms with Gasteiger partial charge in [0.15, 0.2) is 0 Å². The van der Waals surface area contributed by atoms with Crippen LogP contribution in [0.1, 0.15) is 6.92 Å². The molecule has 0 amide bonds. The summed E-state index contributed by atoms with van der Waals surface area (Å²) in [5.41, 5.74) is 0. The molecule has 4 heteroatoms. The Bertz CT molecular complexity index is 292. The van der Waals surface area contributed by atoms with Gasteiger partial charge in [-0.05, 0) is 0 Å². The third-order valence-corrected chi connectivity index (χ3v) is 0.956. The van der Waals surface area contributed by atoms with E-state index in [0.29, 0.717) is 0 Å². The molecule has 0 spiro atoms. The zero-order valence-corrected chi connectivity index (χ0v) is 5.94. The third kappa shape index (κ3) is 1.83. The molecule has 0 saturated carbocycles. The summed E-state index contributed by atoms with van der Waals surface area (Å²) in [5, 5.41) is 0. The van der Waals surface area contributed by atoms with E-state index in [1.54, 1.807) is 6.92 Å². The molecule has 1 aromatic heterocycles. The van der Waals surface area contributed by atoms with Crippen molar-refractivity contribution in [3.8, 4) is 12.0 Å². The van der Waals surface area contributed by atoms with Gasteiger partial charge in [-0.2, -0.15) is 0 Å². The smallest absolute Gasteiger partial charge is 0.355 e. The Balaban J connectivity index is 2.61. The highest BCUT2D eigenvalue weighted by atomic mass is 16.5. The molecule has 0 aromatic carbocycles. The summed E-state index contributed by atoms with van der Waals surface area (Å²) in [6.45, 7) is 1.58. The molecular weight excluding hydrogens is 144 g/mol. The van der Waals surface area contributed by atoms with E-state index in [4.69, 9.17) is 0 Å². The van der Waals surface area contributed by atoms with Crippen molar-refractivity contribution in [3.63, 3.8) is 0 Å². The fourth-order valence-electron chi connectivity index (χ4n) is 0.515. The first-order valence-corrected chi connectivity index (χ1v) is 2.95. The number of nitrogens with zero attached hydrogens (tertiary/aromatic N) is 2. The second-order valence-electron chi connectivity index (χ2n) is 1.69. The van der Waals surface area contributed by atoms with E-state index in [0.717, 1.165) is 0 Å². The second kappa shape index (κ2) is 3.42. The Morgan fingerprint density at radius 1 is 1.73 bits per heavy atom. The van der Waals surface area contributed by atoms with E-state index >= 15 is 0 Å². The zero-order chi connectivity index (χ0) is 8.10.